The molecule has 0 radical (unpaired) electrons. The van der Waals surface area contributed by atoms with Crippen molar-refractivity contribution >= 4 is 25.3 Å². The fraction of sp³-hybridized carbons (Fsp3) is 0.480. The van der Waals surface area contributed by atoms with Gasteiger partial charge in [-0.1, -0.05) is 32.9 Å². The number of carbonyl (C=O) groups is 1. The number of hydrogen-bond acceptors (Lipinski definition) is 5. The summed E-state index contributed by atoms with van der Waals surface area (Å²) >= 11 is 0. The quantitative estimate of drug-likeness (QED) is 0.451. The summed E-state index contributed by atoms with van der Waals surface area (Å²) in [7, 11) is -1.85. The van der Waals surface area contributed by atoms with Crippen molar-refractivity contribution in [3.63, 3.8) is 0 Å². The Morgan fingerprint density at radius 2 is 1.82 bits per heavy atom. The maximum atomic E-state index is 12.0. The van der Waals surface area contributed by atoms with E-state index in [1.165, 1.54) is 6.33 Å². The second kappa shape index (κ2) is 9.27. The summed E-state index contributed by atoms with van der Waals surface area (Å²) in [5.74, 6) is 0.739. The molecule has 3 aromatic rings. The summed E-state index contributed by atoms with van der Waals surface area (Å²) in [6.07, 6.45) is 3.05. The number of fused-ring (bicyclic) bond motifs is 1. The lowest BCUT2D eigenvalue weighted by Gasteiger charge is -2.36. The monoisotopic (exact) mass is 468 g/mol. The van der Waals surface area contributed by atoms with Crippen molar-refractivity contribution in [2.45, 2.75) is 78.4 Å². The molecule has 0 saturated heterocycles. The van der Waals surface area contributed by atoms with E-state index >= 15 is 0 Å². The predicted octanol–water partition coefficient (Wildman–Crippen LogP) is 5.97. The minimum Gasteiger partial charge on any atom is -0.444 e. The number of carbonyl (C=O) groups excluding carboxylic acids is 1. The third-order valence-corrected chi connectivity index (χ3v) is 10.5. The van der Waals surface area contributed by atoms with Gasteiger partial charge in [0.15, 0.2) is 8.32 Å². The first kappa shape index (κ1) is 24.9. The molecule has 0 bridgehead atoms. The highest BCUT2D eigenvalue weighted by Crippen LogP contribution is 2.37. The molecule has 2 heterocycles. The van der Waals surface area contributed by atoms with Crippen LogP contribution in [-0.4, -0.2) is 34.5 Å². The topological polar surface area (TPSA) is 78.3 Å². The van der Waals surface area contributed by atoms with Gasteiger partial charge in [0.25, 0.3) is 0 Å². The smallest absolute Gasteiger partial charge is 0.407 e. The van der Waals surface area contributed by atoms with Crippen LogP contribution >= 0.6 is 0 Å². The molecule has 0 aliphatic rings. The van der Waals surface area contributed by atoms with Crippen LogP contribution in [0.5, 0.6) is 0 Å². The van der Waals surface area contributed by atoms with E-state index in [0.29, 0.717) is 12.3 Å². The van der Waals surface area contributed by atoms with Gasteiger partial charge in [0, 0.05) is 17.6 Å². The summed E-state index contributed by atoms with van der Waals surface area (Å²) in [6.45, 7) is 17.6. The van der Waals surface area contributed by atoms with E-state index in [0.717, 1.165) is 22.3 Å². The third-order valence-electron chi connectivity index (χ3n) is 5.99. The van der Waals surface area contributed by atoms with Gasteiger partial charge in [0.1, 0.15) is 17.7 Å². The van der Waals surface area contributed by atoms with Crippen LogP contribution < -0.4 is 5.32 Å². The first-order valence-electron chi connectivity index (χ1n) is 11.3. The average molecular weight is 469 g/mol. The molecular weight excluding hydrogens is 432 g/mol. The van der Waals surface area contributed by atoms with Crippen molar-refractivity contribution in [2.75, 3.05) is 0 Å². The lowest BCUT2D eigenvalue weighted by atomic mass is 10.1. The van der Waals surface area contributed by atoms with E-state index in [1.54, 1.807) is 0 Å². The summed E-state index contributed by atoms with van der Waals surface area (Å²) in [4.78, 5) is 20.7. The van der Waals surface area contributed by atoms with Gasteiger partial charge in [-0.2, -0.15) is 0 Å². The molecule has 7 nitrogen and oxygen atoms in total. The molecule has 1 N–H and O–H groups in total. The molecule has 1 amide bonds. The predicted molar refractivity (Wildman–Crippen MR) is 134 cm³/mol. The van der Waals surface area contributed by atoms with Gasteiger partial charge in [-0.3, -0.25) is 0 Å². The van der Waals surface area contributed by atoms with Gasteiger partial charge < -0.3 is 19.0 Å². The van der Waals surface area contributed by atoms with Crippen LogP contribution in [0.2, 0.25) is 18.1 Å². The Labute approximate surface area is 197 Å². The van der Waals surface area contributed by atoms with Crippen molar-refractivity contribution in [3.8, 4) is 5.82 Å². The molecule has 2 aromatic heterocycles. The first-order valence-corrected chi connectivity index (χ1v) is 14.2. The minimum absolute atomic E-state index is 0.164. The molecule has 0 saturated carbocycles. The Morgan fingerprint density at radius 1 is 1.09 bits per heavy atom. The molecule has 0 aliphatic heterocycles. The largest absolute Gasteiger partial charge is 0.444 e. The van der Waals surface area contributed by atoms with Crippen LogP contribution in [0.15, 0.2) is 42.9 Å². The van der Waals surface area contributed by atoms with Crippen molar-refractivity contribution in [3.05, 3.63) is 54.1 Å². The fourth-order valence-electron chi connectivity index (χ4n) is 3.12. The lowest BCUT2D eigenvalue weighted by molar-refractivity contribution is 0.0523. The van der Waals surface area contributed by atoms with Gasteiger partial charge in [-0.25, -0.2) is 14.8 Å². The lowest BCUT2D eigenvalue weighted by Crippen LogP contribution is -2.40. The number of benzene rings is 1. The van der Waals surface area contributed by atoms with Crippen LogP contribution in [0.3, 0.4) is 0 Å². The molecule has 0 aliphatic carbocycles. The van der Waals surface area contributed by atoms with Crippen molar-refractivity contribution in [2.24, 2.45) is 0 Å². The summed E-state index contributed by atoms with van der Waals surface area (Å²) in [5.41, 5.74) is 2.37. The Bertz CT molecular complexity index is 1130. The highest BCUT2D eigenvalue weighted by molar-refractivity contribution is 6.74. The molecule has 0 spiro atoms. The summed E-state index contributed by atoms with van der Waals surface area (Å²) in [6, 6.07) is 10.2. The van der Waals surface area contributed by atoms with E-state index in [9.17, 15) is 4.79 Å². The third kappa shape index (κ3) is 6.20. The number of hydrogen-bond donors (Lipinski definition) is 1. The second-order valence-electron chi connectivity index (χ2n) is 10.8. The number of nitrogens with one attached hydrogen (secondary N) is 1. The number of nitrogens with zero attached hydrogens (tertiary/aromatic N) is 3. The van der Waals surface area contributed by atoms with Crippen LogP contribution in [0.4, 0.5) is 4.79 Å². The van der Waals surface area contributed by atoms with Gasteiger partial charge >= 0.3 is 6.09 Å². The molecule has 1 aromatic carbocycles. The Balaban J connectivity index is 1.79. The second-order valence-corrected chi connectivity index (χ2v) is 15.6. The number of ether oxygens (including phenoxy) is 1. The molecule has 8 heteroatoms. The van der Waals surface area contributed by atoms with E-state index in [2.05, 4.69) is 73.4 Å². The van der Waals surface area contributed by atoms with E-state index in [-0.39, 0.29) is 11.6 Å². The zero-order chi connectivity index (χ0) is 24.4. The number of rotatable bonds is 6. The van der Waals surface area contributed by atoms with E-state index in [4.69, 9.17) is 9.16 Å². The van der Waals surface area contributed by atoms with Crippen LogP contribution in [0.25, 0.3) is 16.7 Å². The zero-order valence-corrected chi connectivity index (χ0v) is 22.0. The van der Waals surface area contributed by atoms with Gasteiger partial charge in [-0.15, -0.1) is 0 Å². The van der Waals surface area contributed by atoms with E-state index in [1.807, 2.05) is 37.6 Å². The van der Waals surface area contributed by atoms with Crippen LogP contribution in [-0.2, 0) is 22.3 Å². The van der Waals surface area contributed by atoms with Crippen LogP contribution in [0.1, 0.15) is 52.8 Å². The standard InChI is InChI=1S/C25H36N4O3Si/c1-24(2,3)32-23(30)26-15-19-14-22(28-17-27-19)29-13-12-20-18(10-9-11-21(20)29)16-31-33(7,8)25(4,5)6/h9-14,17H,15-16H2,1-8H3,(H,26,30). The Hall–Kier alpha value is -2.71. The summed E-state index contributed by atoms with van der Waals surface area (Å²) < 4.78 is 13.8. The van der Waals surface area contributed by atoms with E-state index < -0.39 is 20.0 Å². The molecule has 178 valence electrons. The SMILES string of the molecule is CC(C)(C)OC(=O)NCc1cc(-n2ccc3c(CO[Si](C)(C)C(C)(C)C)cccc32)ncn1. The van der Waals surface area contributed by atoms with Crippen molar-refractivity contribution in [1.29, 1.82) is 0 Å². The molecular formula is C25H36N4O3Si. The molecule has 3 rings (SSSR count). The Kier molecular flexibility index (Phi) is 7.00. The summed E-state index contributed by atoms with van der Waals surface area (Å²) in [5, 5.41) is 4.05. The molecule has 33 heavy (non-hydrogen) atoms. The zero-order valence-electron chi connectivity index (χ0n) is 21.0. The highest BCUT2D eigenvalue weighted by Gasteiger charge is 2.37. The van der Waals surface area contributed by atoms with Crippen LogP contribution in [0, 0.1) is 0 Å². The van der Waals surface area contributed by atoms with Gasteiger partial charge in [0.05, 0.1) is 24.4 Å². The normalized spacial score (nSPS) is 12.7. The first-order chi connectivity index (χ1) is 15.3. The molecule has 0 unspecified atom stereocenters. The van der Waals surface area contributed by atoms with Gasteiger partial charge in [-0.05, 0) is 56.6 Å². The molecule has 0 atom stereocenters. The number of aromatic nitrogens is 3. The average Bonchev–Trinajstić information content (AvgIpc) is 3.14. The van der Waals surface area contributed by atoms with Gasteiger partial charge in [0.2, 0.25) is 0 Å². The Morgan fingerprint density at radius 3 is 2.48 bits per heavy atom. The minimum atomic E-state index is -1.85. The van der Waals surface area contributed by atoms with Crippen molar-refractivity contribution in [1.82, 2.24) is 19.9 Å². The molecule has 0 fully saturated rings. The maximum Gasteiger partial charge on any atom is 0.407 e. The fourth-order valence-corrected chi connectivity index (χ4v) is 4.07. The maximum absolute atomic E-state index is 12.0. The van der Waals surface area contributed by atoms with Crippen molar-refractivity contribution < 1.29 is 14.0 Å². The number of alkyl carbamates (subject to hydrolysis) is 1. The highest BCUT2D eigenvalue weighted by atomic mass is 28.4. The number of amides is 1.